The van der Waals surface area contributed by atoms with E-state index in [2.05, 4.69) is 5.32 Å². The van der Waals surface area contributed by atoms with E-state index >= 15 is 0 Å². The third-order valence-corrected chi connectivity index (χ3v) is 3.26. The summed E-state index contributed by atoms with van der Waals surface area (Å²) in [6.07, 6.45) is 0.553. The van der Waals surface area contributed by atoms with Crippen molar-refractivity contribution in [3.63, 3.8) is 0 Å². The number of thiocarbonyl (C=S) groups is 1. The lowest BCUT2D eigenvalue weighted by molar-refractivity contribution is 0.102. The average molecular weight is 319 g/mol. The molecule has 0 radical (unpaired) electrons. The number of rotatable bonds is 4. The predicted octanol–water partition coefficient (Wildman–Crippen LogP) is 3.73. The Morgan fingerprint density at radius 2 is 1.90 bits per heavy atom. The Hall–Kier alpha value is -1.91. The molecular weight excluding hydrogens is 304 g/mol. The molecule has 3 N–H and O–H groups in total. The van der Waals surface area contributed by atoms with Gasteiger partial charge < -0.3 is 11.1 Å². The molecule has 21 heavy (non-hydrogen) atoms. The summed E-state index contributed by atoms with van der Waals surface area (Å²) in [5.74, 6) is -0.192. The number of anilines is 1. The Morgan fingerprint density at radius 3 is 2.48 bits per heavy atom. The second-order valence-electron chi connectivity index (χ2n) is 4.81. The zero-order valence-corrected chi connectivity index (χ0v) is 13.1. The largest absolute Gasteiger partial charge is 0.393 e. The summed E-state index contributed by atoms with van der Waals surface area (Å²) < 4.78 is 0. The lowest BCUT2D eigenvalue weighted by atomic mass is 10.1. The molecule has 0 saturated carbocycles. The van der Waals surface area contributed by atoms with E-state index in [0.717, 1.165) is 11.1 Å². The highest BCUT2D eigenvalue weighted by Gasteiger charge is 2.08. The molecule has 2 aromatic rings. The Labute approximate surface area is 134 Å². The van der Waals surface area contributed by atoms with Gasteiger partial charge in [-0.2, -0.15) is 0 Å². The van der Waals surface area contributed by atoms with Crippen molar-refractivity contribution in [3.05, 3.63) is 64.2 Å². The number of nitrogens with two attached hydrogens (primary N) is 1. The van der Waals surface area contributed by atoms with Gasteiger partial charge in [0.1, 0.15) is 0 Å². The Bertz CT molecular complexity index is 663. The fourth-order valence-electron chi connectivity index (χ4n) is 1.98. The van der Waals surface area contributed by atoms with Crippen LogP contribution < -0.4 is 11.1 Å². The standard InChI is InChI=1S/C16H15ClN2OS/c1-10-6-12(9-13(17)7-10)16(20)19-14-4-2-11(3-5-14)8-15(18)21/h2-7,9H,8H2,1H3,(H2,18,21)(H,19,20). The van der Waals surface area contributed by atoms with Crippen molar-refractivity contribution in [1.29, 1.82) is 0 Å². The summed E-state index contributed by atoms with van der Waals surface area (Å²) in [5.41, 5.74) is 8.70. The van der Waals surface area contributed by atoms with Gasteiger partial charge in [-0.05, 0) is 48.4 Å². The van der Waals surface area contributed by atoms with E-state index in [-0.39, 0.29) is 5.91 Å². The van der Waals surface area contributed by atoms with Crippen molar-refractivity contribution in [3.8, 4) is 0 Å². The summed E-state index contributed by atoms with van der Waals surface area (Å²) in [6, 6.07) is 12.7. The number of carbonyl (C=O) groups excluding carboxylic acids is 1. The highest BCUT2D eigenvalue weighted by atomic mass is 35.5. The first kappa shape index (κ1) is 15.5. The van der Waals surface area contributed by atoms with Crippen molar-refractivity contribution >= 4 is 40.4 Å². The average Bonchev–Trinajstić information content (AvgIpc) is 2.39. The molecule has 0 aliphatic rings. The quantitative estimate of drug-likeness (QED) is 0.845. The minimum atomic E-state index is -0.192. The summed E-state index contributed by atoms with van der Waals surface area (Å²) >= 11 is 10.8. The molecule has 0 bridgehead atoms. The monoisotopic (exact) mass is 318 g/mol. The fraction of sp³-hybridized carbons (Fsp3) is 0.125. The van der Waals surface area contributed by atoms with Crippen LogP contribution in [0.2, 0.25) is 5.02 Å². The van der Waals surface area contributed by atoms with Gasteiger partial charge in [0.15, 0.2) is 0 Å². The van der Waals surface area contributed by atoms with Gasteiger partial charge >= 0.3 is 0 Å². The van der Waals surface area contributed by atoms with E-state index in [1.54, 1.807) is 12.1 Å². The van der Waals surface area contributed by atoms with E-state index in [0.29, 0.717) is 27.7 Å². The fourth-order valence-corrected chi connectivity index (χ4v) is 2.43. The Kier molecular flexibility index (Phi) is 4.94. The molecule has 5 heteroatoms. The second-order valence-corrected chi connectivity index (χ2v) is 5.77. The summed E-state index contributed by atoms with van der Waals surface area (Å²) in [4.78, 5) is 12.6. The Balaban J connectivity index is 2.10. The first-order chi connectivity index (χ1) is 9.94. The lowest BCUT2D eigenvalue weighted by Crippen LogP contribution is -2.13. The smallest absolute Gasteiger partial charge is 0.255 e. The van der Waals surface area contributed by atoms with Crippen LogP contribution in [0.4, 0.5) is 5.69 Å². The number of halogens is 1. The normalized spacial score (nSPS) is 10.2. The van der Waals surface area contributed by atoms with Crippen LogP contribution in [0.5, 0.6) is 0 Å². The predicted molar refractivity (Wildman–Crippen MR) is 91.1 cm³/mol. The van der Waals surface area contributed by atoms with Gasteiger partial charge in [0, 0.05) is 22.7 Å². The molecule has 0 aliphatic heterocycles. The van der Waals surface area contributed by atoms with Gasteiger partial charge in [-0.1, -0.05) is 36.0 Å². The van der Waals surface area contributed by atoms with E-state index in [9.17, 15) is 4.79 Å². The number of benzene rings is 2. The summed E-state index contributed by atoms with van der Waals surface area (Å²) in [6.45, 7) is 1.90. The van der Waals surface area contributed by atoms with Gasteiger partial charge in [0.2, 0.25) is 0 Å². The van der Waals surface area contributed by atoms with Gasteiger partial charge in [-0.25, -0.2) is 0 Å². The highest BCUT2D eigenvalue weighted by molar-refractivity contribution is 7.80. The maximum Gasteiger partial charge on any atom is 0.255 e. The van der Waals surface area contributed by atoms with Crippen molar-refractivity contribution in [2.24, 2.45) is 5.73 Å². The Morgan fingerprint density at radius 1 is 1.24 bits per heavy atom. The van der Waals surface area contributed by atoms with E-state index in [1.165, 1.54) is 0 Å². The molecule has 3 nitrogen and oxygen atoms in total. The van der Waals surface area contributed by atoms with Crippen LogP contribution in [-0.2, 0) is 6.42 Å². The van der Waals surface area contributed by atoms with Crippen molar-refractivity contribution in [2.45, 2.75) is 13.3 Å². The minimum Gasteiger partial charge on any atom is -0.393 e. The van der Waals surface area contributed by atoms with Crippen LogP contribution in [0.1, 0.15) is 21.5 Å². The molecule has 0 unspecified atom stereocenters. The van der Waals surface area contributed by atoms with E-state index in [1.807, 2.05) is 37.3 Å². The molecule has 2 aromatic carbocycles. The zero-order chi connectivity index (χ0) is 15.4. The van der Waals surface area contributed by atoms with E-state index < -0.39 is 0 Å². The van der Waals surface area contributed by atoms with Gasteiger partial charge in [0.05, 0.1) is 4.99 Å². The highest BCUT2D eigenvalue weighted by Crippen LogP contribution is 2.17. The third-order valence-electron chi connectivity index (χ3n) is 2.89. The number of hydrogen-bond donors (Lipinski definition) is 2. The number of amides is 1. The molecular formula is C16H15ClN2OS. The SMILES string of the molecule is Cc1cc(Cl)cc(C(=O)Nc2ccc(CC(N)=S)cc2)c1. The molecule has 2 rings (SSSR count). The van der Waals surface area contributed by atoms with Crippen LogP contribution in [-0.4, -0.2) is 10.9 Å². The van der Waals surface area contributed by atoms with Crippen LogP contribution in [0, 0.1) is 6.92 Å². The topological polar surface area (TPSA) is 55.1 Å². The van der Waals surface area contributed by atoms with Crippen molar-refractivity contribution in [2.75, 3.05) is 5.32 Å². The minimum absolute atomic E-state index is 0.192. The van der Waals surface area contributed by atoms with Gasteiger partial charge in [-0.3, -0.25) is 4.79 Å². The first-order valence-electron chi connectivity index (χ1n) is 6.40. The molecule has 0 aromatic heterocycles. The number of hydrogen-bond acceptors (Lipinski definition) is 2. The number of nitrogens with one attached hydrogen (secondary N) is 1. The molecule has 0 aliphatic carbocycles. The van der Waals surface area contributed by atoms with E-state index in [4.69, 9.17) is 29.6 Å². The summed E-state index contributed by atoms with van der Waals surface area (Å²) in [5, 5.41) is 3.38. The second kappa shape index (κ2) is 6.70. The maximum absolute atomic E-state index is 12.2. The van der Waals surface area contributed by atoms with Gasteiger partial charge in [-0.15, -0.1) is 0 Å². The number of carbonyl (C=O) groups is 1. The van der Waals surface area contributed by atoms with Crippen molar-refractivity contribution < 1.29 is 4.79 Å². The van der Waals surface area contributed by atoms with Gasteiger partial charge in [0.25, 0.3) is 5.91 Å². The first-order valence-corrected chi connectivity index (χ1v) is 7.18. The number of aryl methyl sites for hydroxylation is 1. The third kappa shape index (κ3) is 4.55. The zero-order valence-electron chi connectivity index (χ0n) is 11.5. The molecule has 0 atom stereocenters. The van der Waals surface area contributed by atoms with Crippen LogP contribution >= 0.6 is 23.8 Å². The molecule has 0 spiro atoms. The molecule has 0 fully saturated rings. The summed E-state index contributed by atoms with van der Waals surface area (Å²) in [7, 11) is 0. The van der Waals surface area contributed by atoms with Crippen LogP contribution in [0.3, 0.4) is 0 Å². The molecule has 0 saturated heterocycles. The molecule has 108 valence electrons. The van der Waals surface area contributed by atoms with Crippen molar-refractivity contribution in [1.82, 2.24) is 0 Å². The maximum atomic E-state index is 12.2. The molecule has 1 amide bonds. The molecule has 0 heterocycles. The lowest BCUT2D eigenvalue weighted by Gasteiger charge is -2.07. The van der Waals surface area contributed by atoms with Crippen LogP contribution in [0.15, 0.2) is 42.5 Å². The van der Waals surface area contributed by atoms with Crippen LogP contribution in [0.25, 0.3) is 0 Å².